The maximum Gasteiger partial charge on any atom is 0.224 e. The third kappa shape index (κ3) is 1.96. The first-order valence-corrected chi connectivity index (χ1v) is 5.85. The van der Waals surface area contributed by atoms with Crippen LogP contribution in [0.15, 0.2) is 30.3 Å². The molecule has 1 heterocycles. The van der Waals surface area contributed by atoms with E-state index in [0.29, 0.717) is 0 Å². The Morgan fingerprint density at radius 3 is 2.44 bits per heavy atom. The van der Waals surface area contributed by atoms with Crippen LogP contribution in [0.1, 0.15) is 12.5 Å². The Bertz CT molecular complexity index is 355. The number of likely N-dealkylation sites (N-methyl/N-ethyl adjacent to an activating group) is 1. The standard InChI is InChI=1S/C12H17ClN2O/c1-10-14(2)8-9-15(10)12(13,16)11-6-4-3-5-7-11/h3-7,10,16H,8-9H2,1-2H3. The molecule has 0 saturated carbocycles. The Balaban J connectivity index is 2.26. The quantitative estimate of drug-likeness (QED) is 0.629. The van der Waals surface area contributed by atoms with Crippen LogP contribution in [0.4, 0.5) is 0 Å². The van der Waals surface area contributed by atoms with Crippen LogP contribution in [-0.4, -0.2) is 41.2 Å². The normalized spacial score (nSPS) is 26.9. The van der Waals surface area contributed by atoms with Crippen LogP contribution in [0.5, 0.6) is 0 Å². The molecule has 4 heteroatoms. The zero-order chi connectivity index (χ0) is 11.8. The van der Waals surface area contributed by atoms with Gasteiger partial charge >= 0.3 is 0 Å². The van der Waals surface area contributed by atoms with E-state index in [0.717, 1.165) is 18.7 Å². The van der Waals surface area contributed by atoms with Gasteiger partial charge < -0.3 is 5.11 Å². The van der Waals surface area contributed by atoms with Crippen molar-refractivity contribution < 1.29 is 5.11 Å². The Kier molecular flexibility index (Phi) is 3.22. The second-order valence-electron chi connectivity index (χ2n) is 4.26. The molecule has 2 atom stereocenters. The molecule has 0 spiro atoms. The molecule has 3 nitrogen and oxygen atoms in total. The van der Waals surface area contributed by atoms with E-state index in [4.69, 9.17) is 11.6 Å². The predicted molar refractivity (Wildman–Crippen MR) is 65.0 cm³/mol. The summed E-state index contributed by atoms with van der Waals surface area (Å²) in [5.74, 6) is 0. The number of alkyl halides is 1. The Hall–Kier alpha value is -0.610. The van der Waals surface area contributed by atoms with Gasteiger partial charge in [0.25, 0.3) is 0 Å². The lowest BCUT2D eigenvalue weighted by Crippen LogP contribution is -2.46. The second-order valence-corrected chi connectivity index (χ2v) is 4.79. The molecule has 2 rings (SSSR count). The van der Waals surface area contributed by atoms with E-state index >= 15 is 0 Å². The summed E-state index contributed by atoms with van der Waals surface area (Å²) in [5, 5.41) is 9.03. The van der Waals surface area contributed by atoms with Crippen LogP contribution in [0.3, 0.4) is 0 Å². The van der Waals surface area contributed by atoms with Crippen LogP contribution in [0.25, 0.3) is 0 Å². The van der Waals surface area contributed by atoms with Gasteiger partial charge in [-0.15, -0.1) is 0 Å². The van der Waals surface area contributed by atoms with Gasteiger partial charge in [-0.05, 0) is 14.0 Å². The van der Waals surface area contributed by atoms with Gasteiger partial charge in [0.2, 0.25) is 5.18 Å². The van der Waals surface area contributed by atoms with E-state index in [1.165, 1.54) is 0 Å². The summed E-state index contributed by atoms with van der Waals surface area (Å²) in [6.45, 7) is 3.74. The SMILES string of the molecule is CC1N(C)CCN1C(O)(Cl)c1ccccc1. The molecule has 1 aromatic carbocycles. The van der Waals surface area contributed by atoms with Gasteiger partial charge in [0.1, 0.15) is 0 Å². The molecule has 0 aliphatic carbocycles. The fourth-order valence-corrected chi connectivity index (χ4v) is 2.44. The van der Waals surface area contributed by atoms with E-state index < -0.39 is 5.18 Å². The topological polar surface area (TPSA) is 26.7 Å². The van der Waals surface area contributed by atoms with Crippen molar-refractivity contribution in [2.45, 2.75) is 18.3 Å². The number of nitrogens with zero attached hydrogens (tertiary/aromatic N) is 2. The number of rotatable bonds is 2. The Morgan fingerprint density at radius 1 is 1.31 bits per heavy atom. The van der Waals surface area contributed by atoms with Crippen LogP contribution in [-0.2, 0) is 5.18 Å². The highest BCUT2D eigenvalue weighted by molar-refractivity contribution is 6.22. The Morgan fingerprint density at radius 2 is 1.94 bits per heavy atom. The minimum atomic E-state index is -1.41. The molecule has 1 aliphatic heterocycles. The van der Waals surface area contributed by atoms with Crippen LogP contribution >= 0.6 is 11.6 Å². The molecule has 1 aliphatic rings. The first kappa shape index (κ1) is 11.9. The molecular formula is C12H17ClN2O. The lowest BCUT2D eigenvalue weighted by atomic mass is 10.1. The van der Waals surface area contributed by atoms with Crippen LogP contribution in [0, 0.1) is 0 Å². The van der Waals surface area contributed by atoms with Gasteiger partial charge in [0, 0.05) is 18.7 Å². The van der Waals surface area contributed by atoms with Gasteiger partial charge in [-0.1, -0.05) is 41.9 Å². The van der Waals surface area contributed by atoms with Crippen molar-refractivity contribution in [2.75, 3.05) is 20.1 Å². The van der Waals surface area contributed by atoms with E-state index in [-0.39, 0.29) is 6.17 Å². The average molecular weight is 241 g/mol. The van der Waals surface area contributed by atoms with Gasteiger partial charge in [0.05, 0.1) is 6.17 Å². The number of hydrogen-bond donors (Lipinski definition) is 1. The lowest BCUT2D eigenvalue weighted by molar-refractivity contribution is -0.0611. The molecule has 0 radical (unpaired) electrons. The molecule has 1 N–H and O–H groups in total. The maximum absolute atomic E-state index is 10.4. The molecule has 0 amide bonds. The molecule has 1 aromatic rings. The highest BCUT2D eigenvalue weighted by Crippen LogP contribution is 2.34. The van der Waals surface area contributed by atoms with Gasteiger partial charge in [0.15, 0.2) is 0 Å². The first-order valence-electron chi connectivity index (χ1n) is 5.47. The van der Waals surface area contributed by atoms with Crippen molar-refractivity contribution in [3.8, 4) is 0 Å². The van der Waals surface area contributed by atoms with Gasteiger partial charge in [-0.3, -0.25) is 4.90 Å². The van der Waals surface area contributed by atoms with Crippen molar-refractivity contribution >= 4 is 11.6 Å². The average Bonchev–Trinajstić information content (AvgIpc) is 2.61. The maximum atomic E-state index is 10.4. The third-order valence-electron chi connectivity index (χ3n) is 3.30. The van der Waals surface area contributed by atoms with Crippen molar-refractivity contribution in [1.29, 1.82) is 0 Å². The molecule has 88 valence electrons. The summed E-state index contributed by atoms with van der Waals surface area (Å²) in [6.07, 6.45) is 0.141. The highest BCUT2D eigenvalue weighted by Gasteiger charge is 2.41. The van der Waals surface area contributed by atoms with Crippen molar-refractivity contribution in [3.63, 3.8) is 0 Å². The number of hydrogen-bond acceptors (Lipinski definition) is 3. The van der Waals surface area contributed by atoms with Crippen molar-refractivity contribution in [1.82, 2.24) is 9.80 Å². The number of benzene rings is 1. The number of aliphatic hydroxyl groups is 1. The van der Waals surface area contributed by atoms with Crippen molar-refractivity contribution in [2.24, 2.45) is 0 Å². The van der Waals surface area contributed by atoms with E-state index in [1.54, 1.807) is 0 Å². The number of halogens is 1. The first-order chi connectivity index (χ1) is 7.53. The lowest BCUT2D eigenvalue weighted by Gasteiger charge is -2.35. The van der Waals surface area contributed by atoms with E-state index in [9.17, 15) is 5.11 Å². The smallest absolute Gasteiger partial charge is 0.224 e. The molecule has 2 unspecified atom stereocenters. The zero-order valence-electron chi connectivity index (χ0n) is 9.60. The minimum absolute atomic E-state index is 0.141. The molecule has 16 heavy (non-hydrogen) atoms. The summed E-state index contributed by atoms with van der Waals surface area (Å²) in [7, 11) is 2.03. The van der Waals surface area contributed by atoms with Gasteiger partial charge in [-0.2, -0.15) is 0 Å². The molecular weight excluding hydrogens is 224 g/mol. The summed E-state index contributed by atoms with van der Waals surface area (Å²) >= 11 is 6.28. The minimum Gasteiger partial charge on any atom is -0.359 e. The Labute approximate surface area is 101 Å². The third-order valence-corrected chi connectivity index (χ3v) is 3.74. The van der Waals surface area contributed by atoms with Crippen LogP contribution < -0.4 is 0 Å². The summed E-state index contributed by atoms with van der Waals surface area (Å²) in [6, 6.07) is 9.37. The fourth-order valence-electron chi connectivity index (χ4n) is 2.09. The van der Waals surface area contributed by atoms with E-state index in [2.05, 4.69) is 4.90 Å². The zero-order valence-corrected chi connectivity index (χ0v) is 10.4. The van der Waals surface area contributed by atoms with Gasteiger partial charge in [-0.25, -0.2) is 4.90 Å². The van der Waals surface area contributed by atoms with Crippen LogP contribution in [0.2, 0.25) is 0 Å². The highest BCUT2D eigenvalue weighted by atomic mass is 35.5. The molecule has 1 saturated heterocycles. The molecule has 1 fully saturated rings. The second kappa shape index (κ2) is 4.34. The monoisotopic (exact) mass is 240 g/mol. The van der Waals surface area contributed by atoms with Crippen molar-refractivity contribution in [3.05, 3.63) is 35.9 Å². The summed E-state index contributed by atoms with van der Waals surface area (Å²) < 4.78 is 0. The van der Waals surface area contributed by atoms with E-state index in [1.807, 2.05) is 49.2 Å². The fraction of sp³-hybridized carbons (Fsp3) is 0.500. The predicted octanol–water partition coefficient (Wildman–Crippen LogP) is 1.62. The largest absolute Gasteiger partial charge is 0.359 e. The summed E-state index contributed by atoms with van der Waals surface area (Å²) in [4.78, 5) is 4.06. The molecule has 0 aromatic heterocycles. The molecule has 0 bridgehead atoms. The summed E-state index contributed by atoms with van der Waals surface area (Å²) in [5.41, 5.74) is 0.721.